The number of para-hydroxylation sites is 2. The number of nitrogens with one attached hydrogen (secondary N) is 1. The summed E-state index contributed by atoms with van der Waals surface area (Å²) in [5.41, 5.74) is 0.529. The zero-order chi connectivity index (χ0) is 23.1. The lowest BCUT2D eigenvalue weighted by Crippen LogP contribution is -2.16. The van der Waals surface area contributed by atoms with E-state index in [-0.39, 0.29) is 23.3 Å². The molecule has 1 amide bonds. The summed E-state index contributed by atoms with van der Waals surface area (Å²) in [6, 6.07) is 13.5. The number of thioether (sulfide) groups is 1. The maximum atomic E-state index is 12.3. The number of aromatic carboxylic acids is 1. The van der Waals surface area contributed by atoms with Gasteiger partial charge in [-0.15, -0.1) is 10.2 Å². The van der Waals surface area contributed by atoms with E-state index in [1.807, 2.05) is 42.7 Å². The number of carbonyl (C=O) groups is 2. The number of ether oxygens (including phenoxy) is 2. The van der Waals surface area contributed by atoms with Gasteiger partial charge in [-0.05, 0) is 44.2 Å². The van der Waals surface area contributed by atoms with Gasteiger partial charge in [0.1, 0.15) is 0 Å². The second-order valence-corrected chi connectivity index (χ2v) is 7.66. The predicted molar refractivity (Wildman–Crippen MR) is 120 cm³/mol. The number of carboxylic acid groups (broad SMARTS) is 1. The van der Waals surface area contributed by atoms with E-state index in [0.717, 1.165) is 0 Å². The molecule has 2 aromatic carbocycles. The van der Waals surface area contributed by atoms with Crippen molar-refractivity contribution in [1.82, 2.24) is 14.8 Å². The first-order chi connectivity index (χ1) is 15.4. The Balaban J connectivity index is 1.65. The van der Waals surface area contributed by atoms with Crippen molar-refractivity contribution in [2.45, 2.75) is 31.7 Å². The molecule has 0 radical (unpaired) electrons. The second-order valence-electron chi connectivity index (χ2n) is 6.72. The van der Waals surface area contributed by atoms with Crippen LogP contribution in [-0.2, 0) is 11.3 Å². The minimum atomic E-state index is -1.05. The van der Waals surface area contributed by atoms with Gasteiger partial charge in [0.15, 0.2) is 28.6 Å². The highest BCUT2D eigenvalue weighted by Gasteiger charge is 2.20. The largest absolute Gasteiger partial charge is 0.493 e. The maximum Gasteiger partial charge on any atom is 0.335 e. The van der Waals surface area contributed by atoms with Gasteiger partial charge in [-0.25, -0.2) is 4.79 Å². The molecule has 1 atom stereocenters. The molecular weight excluding hydrogens is 432 g/mol. The number of aromatic nitrogens is 3. The molecule has 168 valence electrons. The monoisotopic (exact) mass is 456 g/mol. The first kappa shape index (κ1) is 23.1. The van der Waals surface area contributed by atoms with Gasteiger partial charge in [0.25, 0.3) is 0 Å². The number of rotatable bonds is 10. The average Bonchev–Trinajstić information content (AvgIpc) is 3.21. The average molecular weight is 457 g/mol. The Labute approximate surface area is 189 Å². The van der Waals surface area contributed by atoms with Crippen molar-refractivity contribution in [1.29, 1.82) is 0 Å². The van der Waals surface area contributed by atoms with E-state index >= 15 is 0 Å². The number of nitrogens with zero attached hydrogens (tertiary/aromatic N) is 3. The van der Waals surface area contributed by atoms with Crippen molar-refractivity contribution in [3.05, 3.63) is 59.9 Å². The molecule has 0 aliphatic rings. The Morgan fingerprint density at radius 1 is 1.16 bits per heavy atom. The molecule has 32 heavy (non-hydrogen) atoms. The van der Waals surface area contributed by atoms with Gasteiger partial charge in [0.2, 0.25) is 5.91 Å². The summed E-state index contributed by atoms with van der Waals surface area (Å²) in [5.74, 6) is 0.629. The van der Waals surface area contributed by atoms with Gasteiger partial charge < -0.3 is 24.5 Å². The minimum absolute atomic E-state index is 0.0944. The SMILES string of the molecule is CCn1c(SCC(=O)Nc2cccc(C(=O)O)c2)nnc1C(C)Oc1ccccc1OC. The number of carboxylic acids is 1. The molecule has 1 heterocycles. The summed E-state index contributed by atoms with van der Waals surface area (Å²) in [6.45, 7) is 4.44. The van der Waals surface area contributed by atoms with Crippen molar-refractivity contribution in [2.75, 3.05) is 18.2 Å². The molecule has 0 spiro atoms. The maximum absolute atomic E-state index is 12.3. The molecule has 0 aliphatic heterocycles. The first-order valence-corrected chi connectivity index (χ1v) is 10.9. The van der Waals surface area contributed by atoms with Crippen molar-refractivity contribution < 1.29 is 24.2 Å². The lowest BCUT2D eigenvalue weighted by atomic mass is 10.2. The Morgan fingerprint density at radius 3 is 2.59 bits per heavy atom. The van der Waals surface area contributed by atoms with Gasteiger partial charge in [-0.3, -0.25) is 4.79 Å². The fourth-order valence-electron chi connectivity index (χ4n) is 3.02. The van der Waals surface area contributed by atoms with E-state index in [1.165, 1.54) is 23.9 Å². The Hall–Kier alpha value is -3.53. The second kappa shape index (κ2) is 10.7. The van der Waals surface area contributed by atoms with Crippen LogP contribution in [0.4, 0.5) is 5.69 Å². The number of carbonyl (C=O) groups excluding carboxylic acids is 1. The van der Waals surface area contributed by atoms with Crippen LogP contribution in [-0.4, -0.2) is 44.6 Å². The minimum Gasteiger partial charge on any atom is -0.493 e. The quantitative estimate of drug-likeness (QED) is 0.442. The number of methoxy groups -OCH3 is 1. The molecule has 9 nitrogen and oxygen atoms in total. The third kappa shape index (κ3) is 5.58. The van der Waals surface area contributed by atoms with Crippen molar-refractivity contribution in [3.8, 4) is 11.5 Å². The van der Waals surface area contributed by atoms with Gasteiger partial charge in [-0.2, -0.15) is 0 Å². The third-order valence-corrected chi connectivity index (χ3v) is 5.49. The molecule has 10 heteroatoms. The van der Waals surface area contributed by atoms with E-state index in [0.29, 0.717) is 34.7 Å². The van der Waals surface area contributed by atoms with Gasteiger partial charge >= 0.3 is 5.97 Å². The summed E-state index contributed by atoms with van der Waals surface area (Å²) in [4.78, 5) is 23.4. The Kier molecular flexibility index (Phi) is 7.72. The zero-order valence-electron chi connectivity index (χ0n) is 17.9. The van der Waals surface area contributed by atoms with Crippen LogP contribution in [0.25, 0.3) is 0 Å². The number of anilines is 1. The molecule has 0 fully saturated rings. The Morgan fingerprint density at radius 2 is 1.91 bits per heavy atom. The van der Waals surface area contributed by atoms with E-state index in [1.54, 1.807) is 19.2 Å². The first-order valence-electron chi connectivity index (χ1n) is 9.91. The number of benzene rings is 2. The predicted octanol–water partition coefficient (Wildman–Crippen LogP) is 3.88. The van der Waals surface area contributed by atoms with Crippen molar-refractivity contribution >= 4 is 29.3 Å². The van der Waals surface area contributed by atoms with Crippen LogP contribution in [0, 0.1) is 0 Å². The van der Waals surface area contributed by atoms with E-state index in [9.17, 15) is 9.59 Å². The zero-order valence-corrected chi connectivity index (χ0v) is 18.8. The van der Waals surface area contributed by atoms with Gasteiger partial charge in [0.05, 0.1) is 18.4 Å². The third-order valence-electron chi connectivity index (χ3n) is 4.52. The highest BCUT2D eigenvalue weighted by molar-refractivity contribution is 7.99. The smallest absolute Gasteiger partial charge is 0.335 e. The topological polar surface area (TPSA) is 116 Å². The lowest BCUT2D eigenvalue weighted by Gasteiger charge is -2.17. The summed E-state index contributed by atoms with van der Waals surface area (Å²) in [6.07, 6.45) is -0.388. The van der Waals surface area contributed by atoms with Crippen LogP contribution in [0.1, 0.15) is 36.1 Å². The molecule has 0 saturated carbocycles. The van der Waals surface area contributed by atoms with Crippen LogP contribution >= 0.6 is 11.8 Å². The standard InChI is InChI=1S/C22H24N4O5S/c1-4-26-20(14(2)31-18-11-6-5-10-17(18)30-3)24-25-22(26)32-13-19(27)23-16-9-7-8-15(12-16)21(28)29/h5-12,14H,4,13H2,1-3H3,(H,23,27)(H,28,29). The highest BCUT2D eigenvalue weighted by atomic mass is 32.2. The van der Waals surface area contributed by atoms with Crippen LogP contribution in [0.15, 0.2) is 53.7 Å². The van der Waals surface area contributed by atoms with Crippen LogP contribution < -0.4 is 14.8 Å². The van der Waals surface area contributed by atoms with Crippen LogP contribution in [0.5, 0.6) is 11.5 Å². The summed E-state index contributed by atoms with van der Waals surface area (Å²) in [7, 11) is 1.58. The van der Waals surface area contributed by atoms with Crippen LogP contribution in [0.3, 0.4) is 0 Å². The molecule has 3 rings (SSSR count). The molecule has 0 aliphatic carbocycles. The molecule has 3 aromatic rings. The number of amides is 1. The number of hydrogen-bond acceptors (Lipinski definition) is 7. The molecular formula is C22H24N4O5S. The van der Waals surface area contributed by atoms with E-state index in [4.69, 9.17) is 14.6 Å². The normalized spacial score (nSPS) is 11.6. The Bertz CT molecular complexity index is 1100. The summed E-state index contributed by atoms with van der Waals surface area (Å²) < 4.78 is 13.2. The van der Waals surface area contributed by atoms with Gasteiger partial charge in [0, 0.05) is 12.2 Å². The van der Waals surface area contributed by atoms with Gasteiger partial charge in [-0.1, -0.05) is 30.0 Å². The summed E-state index contributed by atoms with van der Waals surface area (Å²) in [5, 5.41) is 20.8. The fourth-order valence-corrected chi connectivity index (χ4v) is 3.83. The van der Waals surface area contributed by atoms with E-state index < -0.39 is 5.97 Å². The van der Waals surface area contributed by atoms with Crippen molar-refractivity contribution in [2.24, 2.45) is 0 Å². The highest BCUT2D eigenvalue weighted by Crippen LogP contribution is 2.31. The molecule has 1 aromatic heterocycles. The number of hydrogen-bond donors (Lipinski definition) is 2. The summed E-state index contributed by atoms with van der Waals surface area (Å²) >= 11 is 1.24. The van der Waals surface area contributed by atoms with Crippen molar-refractivity contribution in [3.63, 3.8) is 0 Å². The lowest BCUT2D eigenvalue weighted by molar-refractivity contribution is -0.113. The fraction of sp³-hybridized carbons (Fsp3) is 0.273. The molecule has 1 unspecified atom stereocenters. The van der Waals surface area contributed by atoms with E-state index in [2.05, 4.69) is 15.5 Å². The van der Waals surface area contributed by atoms with Crippen LogP contribution in [0.2, 0.25) is 0 Å². The molecule has 0 bridgehead atoms. The molecule has 0 saturated heterocycles. The molecule has 2 N–H and O–H groups in total.